The van der Waals surface area contributed by atoms with Crippen LogP contribution in [0, 0.1) is 0 Å². The van der Waals surface area contributed by atoms with Gasteiger partial charge in [-0.1, -0.05) is 12.1 Å². The number of hydrogen-bond donors (Lipinski definition) is 0. The number of carbonyl (C=O) groups is 3. The Labute approximate surface area is 109 Å². The van der Waals surface area contributed by atoms with Crippen LogP contribution in [0.4, 0.5) is 0 Å². The number of hydrogen-bond acceptors (Lipinski definition) is 4. The van der Waals surface area contributed by atoms with E-state index in [4.69, 9.17) is 4.74 Å². The average Bonchev–Trinajstić information content (AvgIpc) is 2.63. The molecular formula is C14H13NO4. The molecule has 0 radical (unpaired) electrons. The molecule has 0 aliphatic carbocycles. The van der Waals surface area contributed by atoms with Gasteiger partial charge >= 0.3 is 5.97 Å². The number of nitrogens with zero attached hydrogens (tertiary/aromatic N) is 1. The molecule has 1 heterocycles. The molecule has 0 amide bonds. The van der Waals surface area contributed by atoms with Gasteiger partial charge in [0.15, 0.2) is 11.5 Å². The third-order valence-electron chi connectivity index (χ3n) is 2.72. The molecule has 0 saturated heterocycles. The van der Waals surface area contributed by atoms with Crippen LogP contribution >= 0.6 is 0 Å². The summed E-state index contributed by atoms with van der Waals surface area (Å²) in [6.07, 6.45) is 0. The number of benzene rings is 1. The Kier molecular flexibility index (Phi) is 3.21. The van der Waals surface area contributed by atoms with Crippen molar-refractivity contribution in [2.75, 3.05) is 0 Å². The molecule has 0 bridgehead atoms. The molecule has 0 aliphatic rings. The van der Waals surface area contributed by atoms with Gasteiger partial charge in [0.2, 0.25) is 5.91 Å². The Morgan fingerprint density at radius 3 is 2.21 bits per heavy atom. The highest BCUT2D eigenvalue weighted by molar-refractivity contribution is 6.09. The molecule has 5 nitrogen and oxygen atoms in total. The third-order valence-corrected chi connectivity index (χ3v) is 2.72. The number of ether oxygens (including phenoxy) is 1. The Bertz CT molecular complexity index is 697. The second-order valence-electron chi connectivity index (χ2n) is 4.20. The van der Waals surface area contributed by atoms with Crippen LogP contribution in [0.25, 0.3) is 10.9 Å². The fourth-order valence-electron chi connectivity index (χ4n) is 2.10. The lowest BCUT2D eigenvalue weighted by atomic mass is 10.2. The summed E-state index contributed by atoms with van der Waals surface area (Å²) in [6, 6.07) is 6.92. The first-order valence-corrected chi connectivity index (χ1v) is 5.77. The van der Waals surface area contributed by atoms with E-state index in [1.165, 1.54) is 25.3 Å². The van der Waals surface area contributed by atoms with Gasteiger partial charge in [0.1, 0.15) is 5.69 Å². The van der Waals surface area contributed by atoms with Gasteiger partial charge in [-0.05, 0) is 12.1 Å². The number of Topliss-reactive ketones (excluding diaryl/α,β-unsaturated/α-hetero) is 1. The molecule has 0 aliphatic heterocycles. The monoisotopic (exact) mass is 259 g/mol. The molecular weight excluding hydrogens is 246 g/mol. The minimum absolute atomic E-state index is 0.101. The van der Waals surface area contributed by atoms with Gasteiger partial charge in [0, 0.05) is 26.2 Å². The second kappa shape index (κ2) is 4.68. The van der Waals surface area contributed by atoms with E-state index in [0.717, 1.165) is 0 Å². The number of ketones is 1. The predicted octanol–water partition coefficient (Wildman–Crippen LogP) is 2.43. The maximum absolute atomic E-state index is 11.8. The van der Waals surface area contributed by atoms with Gasteiger partial charge in [0.05, 0.1) is 5.52 Å². The molecule has 19 heavy (non-hydrogen) atoms. The van der Waals surface area contributed by atoms with E-state index in [1.807, 2.05) is 0 Å². The zero-order valence-corrected chi connectivity index (χ0v) is 10.9. The molecule has 0 spiro atoms. The van der Waals surface area contributed by atoms with Crippen molar-refractivity contribution in [2.24, 2.45) is 0 Å². The lowest BCUT2D eigenvalue weighted by Crippen LogP contribution is -2.14. The van der Waals surface area contributed by atoms with E-state index in [2.05, 4.69) is 0 Å². The van der Waals surface area contributed by atoms with Crippen molar-refractivity contribution in [3.8, 4) is 5.75 Å². The van der Waals surface area contributed by atoms with Crippen molar-refractivity contribution in [1.29, 1.82) is 0 Å². The van der Waals surface area contributed by atoms with E-state index < -0.39 is 5.97 Å². The fourth-order valence-corrected chi connectivity index (χ4v) is 2.10. The standard InChI is InChI=1S/C14H13NO4/c1-8(16)13-14(19-10(3)18)11-6-4-5-7-12(11)15(13)9(2)17/h4-7H,1-3H3. The van der Waals surface area contributed by atoms with E-state index in [9.17, 15) is 14.4 Å². The molecule has 2 rings (SSSR count). The van der Waals surface area contributed by atoms with Gasteiger partial charge in [-0.25, -0.2) is 0 Å². The van der Waals surface area contributed by atoms with Crippen molar-refractivity contribution in [1.82, 2.24) is 4.57 Å². The van der Waals surface area contributed by atoms with Crippen molar-refractivity contribution < 1.29 is 19.1 Å². The maximum Gasteiger partial charge on any atom is 0.308 e. The number of rotatable bonds is 2. The van der Waals surface area contributed by atoms with Crippen molar-refractivity contribution in [3.63, 3.8) is 0 Å². The molecule has 5 heteroatoms. The highest BCUT2D eigenvalue weighted by Crippen LogP contribution is 2.33. The lowest BCUT2D eigenvalue weighted by Gasteiger charge is -2.05. The third kappa shape index (κ3) is 2.14. The smallest absolute Gasteiger partial charge is 0.308 e. The normalized spacial score (nSPS) is 10.5. The molecule has 98 valence electrons. The summed E-state index contributed by atoms with van der Waals surface area (Å²) in [5.41, 5.74) is 0.653. The average molecular weight is 259 g/mol. The van der Waals surface area contributed by atoms with E-state index >= 15 is 0 Å². The quantitative estimate of drug-likeness (QED) is 0.613. The summed E-state index contributed by atoms with van der Waals surface area (Å²) in [7, 11) is 0. The van der Waals surface area contributed by atoms with Crippen LogP contribution in [0.3, 0.4) is 0 Å². The van der Waals surface area contributed by atoms with Gasteiger partial charge in [-0.3, -0.25) is 19.0 Å². The largest absolute Gasteiger partial charge is 0.424 e. The first-order chi connectivity index (χ1) is 8.93. The summed E-state index contributed by atoms with van der Waals surface area (Å²) in [4.78, 5) is 34.7. The van der Waals surface area contributed by atoms with Crippen LogP contribution in [-0.4, -0.2) is 22.2 Å². The summed E-state index contributed by atoms with van der Waals surface area (Å²) in [5, 5.41) is 0.568. The van der Waals surface area contributed by atoms with Crippen molar-refractivity contribution >= 4 is 28.6 Å². The predicted molar refractivity (Wildman–Crippen MR) is 69.6 cm³/mol. The molecule has 1 aromatic carbocycles. The fraction of sp³-hybridized carbons (Fsp3) is 0.214. The van der Waals surface area contributed by atoms with Crippen LogP contribution in [0.15, 0.2) is 24.3 Å². The number of esters is 1. The first kappa shape index (κ1) is 13.0. The molecule has 0 atom stereocenters. The lowest BCUT2D eigenvalue weighted by molar-refractivity contribution is -0.131. The highest BCUT2D eigenvalue weighted by Gasteiger charge is 2.24. The molecule has 2 aromatic rings. The first-order valence-electron chi connectivity index (χ1n) is 5.77. The summed E-state index contributed by atoms with van der Waals surface area (Å²) < 4.78 is 6.39. The Balaban J connectivity index is 2.91. The van der Waals surface area contributed by atoms with Crippen molar-refractivity contribution in [3.05, 3.63) is 30.0 Å². The van der Waals surface area contributed by atoms with Crippen LogP contribution in [0.5, 0.6) is 5.75 Å². The van der Waals surface area contributed by atoms with E-state index in [0.29, 0.717) is 10.9 Å². The zero-order valence-electron chi connectivity index (χ0n) is 10.9. The van der Waals surface area contributed by atoms with Gasteiger partial charge in [-0.2, -0.15) is 0 Å². The van der Waals surface area contributed by atoms with Crippen molar-refractivity contribution in [2.45, 2.75) is 20.8 Å². The summed E-state index contributed by atoms with van der Waals surface area (Å²) in [6.45, 7) is 3.95. The molecule has 0 unspecified atom stereocenters. The zero-order chi connectivity index (χ0) is 14.2. The molecule has 0 saturated carbocycles. The van der Waals surface area contributed by atoms with E-state index in [1.54, 1.807) is 24.3 Å². The molecule has 0 N–H and O–H groups in total. The molecule has 1 aromatic heterocycles. The summed E-state index contributed by atoms with van der Waals surface area (Å²) >= 11 is 0. The van der Waals surface area contributed by atoms with E-state index in [-0.39, 0.29) is 23.1 Å². The Morgan fingerprint density at radius 2 is 1.68 bits per heavy atom. The Morgan fingerprint density at radius 1 is 1.05 bits per heavy atom. The topological polar surface area (TPSA) is 65.4 Å². The van der Waals surface area contributed by atoms with Crippen LogP contribution in [0.2, 0.25) is 0 Å². The van der Waals surface area contributed by atoms with Crippen LogP contribution in [0.1, 0.15) is 36.1 Å². The number of para-hydroxylation sites is 1. The van der Waals surface area contributed by atoms with Gasteiger partial charge < -0.3 is 4.74 Å². The maximum atomic E-state index is 11.8. The highest BCUT2D eigenvalue weighted by atomic mass is 16.5. The van der Waals surface area contributed by atoms with Crippen LogP contribution in [-0.2, 0) is 4.79 Å². The minimum Gasteiger partial charge on any atom is -0.424 e. The molecule has 0 fully saturated rings. The van der Waals surface area contributed by atoms with Crippen LogP contribution < -0.4 is 4.74 Å². The minimum atomic E-state index is -0.533. The SMILES string of the molecule is CC(=O)Oc1c(C(C)=O)n(C(C)=O)c2ccccc12. The number of fused-ring (bicyclic) bond motifs is 1. The van der Waals surface area contributed by atoms with Gasteiger partial charge in [-0.15, -0.1) is 0 Å². The number of carbonyl (C=O) groups excluding carboxylic acids is 3. The number of aromatic nitrogens is 1. The Hall–Kier alpha value is -2.43. The van der Waals surface area contributed by atoms with Gasteiger partial charge in [0.25, 0.3) is 0 Å². The second-order valence-corrected chi connectivity index (χ2v) is 4.20. The summed E-state index contributed by atoms with van der Waals surface area (Å²) in [5.74, 6) is -1.03.